The summed E-state index contributed by atoms with van der Waals surface area (Å²) < 4.78 is 10.1. The molecule has 0 bridgehead atoms. The molecule has 1 fully saturated rings. The second kappa shape index (κ2) is 8.76. The standard InChI is InChI=1S/C13H24N2O5/c1-10-4-3-6-15(11(10)12(16)17)13(18)14-5-7-20-9-8-19-2/h10-11H,3-9H2,1-2H3,(H,14,18)(H,16,17). The molecule has 0 aromatic heterocycles. The van der Waals surface area contributed by atoms with Crippen molar-refractivity contribution in [3.05, 3.63) is 0 Å². The number of likely N-dealkylation sites (tertiary alicyclic amines) is 1. The van der Waals surface area contributed by atoms with Crippen LogP contribution in [-0.2, 0) is 14.3 Å². The summed E-state index contributed by atoms with van der Waals surface area (Å²) in [7, 11) is 1.59. The summed E-state index contributed by atoms with van der Waals surface area (Å²) in [5.41, 5.74) is 0. The lowest BCUT2D eigenvalue weighted by Gasteiger charge is -2.37. The molecule has 0 aliphatic carbocycles. The van der Waals surface area contributed by atoms with E-state index in [1.54, 1.807) is 7.11 Å². The van der Waals surface area contributed by atoms with Gasteiger partial charge in [-0.25, -0.2) is 9.59 Å². The molecule has 0 spiro atoms. The van der Waals surface area contributed by atoms with Crippen LogP contribution >= 0.6 is 0 Å². The number of nitrogens with one attached hydrogen (secondary N) is 1. The van der Waals surface area contributed by atoms with Gasteiger partial charge in [0.05, 0.1) is 19.8 Å². The van der Waals surface area contributed by atoms with Gasteiger partial charge in [-0.3, -0.25) is 0 Å². The van der Waals surface area contributed by atoms with Crippen LogP contribution in [0.15, 0.2) is 0 Å². The first-order chi connectivity index (χ1) is 9.57. The minimum atomic E-state index is -0.941. The summed E-state index contributed by atoms with van der Waals surface area (Å²) in [6.07, 6.45) is 1.67. The van der Waals surface area contributed by atoms with E-state index in [1.807, 2.05) is 6.92 Å². The van der Waals surface area contributed by atoms with Crippen molar-refractivity contribution in [3.8, 4) is 0 Å². The maximum atomic E-state index is 12.0. The van der Waals surface area contributed by atoms with E-state index >= 15 is 0 Å². The molecule has 0 radical (unpaired) electrons. The molecule has 1 saturated heterocycles. The largest absolute Gasteiger partial charge is 0.480 e. The van der Waals surface area contributed by atoms with Crippen molar-refractivity contribution in [1.29, 1.82) is 0 Å². The first-order valence-electron chi connectivity index (χ1n) is 6.92. The van der Waals surface area contributed by atoms with Gasteiger partial charge in [0.2, 0.25) is 0 Å². The number of piperidine rings is 1. The number of ether oxygens (including phenoxy) is 2. The Morgan fingerprint density at radius 2 is 2.10 bits per heavy atom. The third kappa shape index (κ3) is 4.97. The molecule has 7 nitrogen and oxygen atoms in total. The van der Waals surface area contributed by atoms with Gasteiger partial charge >= 0.3 is 12.0 Å². The van der Waals surface area contributed by atoms with E-state index in [4.69, 9.17) is 9.47 Å². The first kappa shape index (κ1) is 16.7. The predicted octanol–water partition coefficient (Wildman–Crippen LogP) is 0.544. The van der Waals surface area contributed by atoms with Crippen LogP contribution in [-0.4, -0.2) is 68.1 Å². The molecule has 1 aliphatic rings. The van der Waals surface area contributed by atoms with Crippen LogP contribution in [0, 0.1) is 5.92 Å². The van der Waals surface area contributed by atoms with Crippen molar-refractivity contribution in [2.45, 2.75) is 25.8 Å². The second-order valence-corrected chi connectivity index (χ2v) is 4.93. The molecule has 7 heteroatoms. The topological polar surface area (TPSA) is 88.1 Å². The lowest BCUT2D eigenvalue weighted by molar-refractivity contribution is -0.145. The number of hydrogen-bond donors (Lipinski definition) is 2. The monoisotopic (exact) mass is 288 g/mol. The molecular weight excluding hydrogens is 264 g/mol. The zero-order chi connectivity index (χ0) is 15.0. The van der Waals surface area contributed by atoms with Crippen LogP contribution in [0.25, 0.3) is 0 Å². The molecule has 2 N–H and O–H groups in total. The Bertz CT molecular complexity index is 324. The highest BCUT2D eigenvalue weighted by molar-refractivity contribution is 5.83. The third-order valence-corrected chi connectivity index (χ3v) is 3.40. The number of urea groups is 1. The van der Waals surface area contributed by atoms with Gasteiger partial charge in [0, 0.05) is 20.2 Å². The number of aliphatic carboxylic acids is 1. The maximum absolute atomic E-state index is 12.0. The van der Waals surface area contributed by atoms with E-state index in [9.17, 15) is 14.7 Å². The van der Waals surface area contributed by atoms with E-state index in [0.717, 1.165) is 12.8 Å². The van der Waals surface area contributed by atoms with E-state index in [-0.39, 0.29) is 11.9 Å². The first-order valence-corrected chi connectivity index (χ1v) is 6.92. The fourth-order valence-electron chi connectivity index (χ4n) is 2.37. The number of carbonyl (C=O) groups excluding carboxylic acids is 1. The Balaban J connectivity index is 2.35. The van der Waals surface area contributed by atoms with E-state index in [2.05, 4.69) is 5.32 Å². The minimum absolute atomic E-state index is 0.0232. The number of carboxylic acid groups (broad SMARTS) is 1. The Labute approximate surface area is 119 Å². The van der Waals surface area contributed by atoms with E-state index in [0.29, 0.717) is 32.9 Å². The summed E-state index contributed by atoms with van der Waals surface area (Å²) in [6, 6.07) is -1.07. The lowest BCUT2D eigenvalue weighted by Crippen LogP contribution is -2.55. The van der Waals surface area contributed by atoms with Crippen molar-refractivity contribution in [3.63, 3.8) is 0 Å². The number of hydrogen-bond acceptors (Lipinski definition) is 4. The number of carboxylic acids is 1. The highest BCUT2D eigenvalue weighted by Crippen LogP contribution is 2.23. The maximum Gasteiger partial charge on any atom is 0.326 e. The summed E-state index contributed by atoms with van der Waals surface area (Å²) >= 11 is 0. The van der Waals surface area contributed by atoms with Crippen molar-refractivity contribution < 1.29 is 24.2 Å². The predicted molar refractivity (Wildman–Crippen MR) is 72.6 cm³/mol. The van der Waals surface area contributed by atoms with Crippen LogP contribution in [0.5, 0.6) is 0 Å². The molecule has 0 aromatic rings. The molecule has 1 aliphatic heterocycles. The fourth-order valence-corrected chi connectivity index (χ4v) is 2.37. The molecule has 0 saturated carbocycles. The zero-order valence-corrected chi connectivity index (χ0v) is 12.1. The summed E-state index contributed by atoms with van der Waals surface area (Å²) in [6.45, 7) is 4.09. The van der Waals surface area contributed by atoms with Crippen molar-refractivity contribution in [2.24, 2.45) is 5.92 Å². The molecule has 2 unspecified atom stereocenters. The van der Waals surface area contributed by atoms with Gasteiger partial charge in [0.1, 0.15) is 6.04 Å². The smallest absolute Gasteiger partial charge is 0.326 e. The van der Waals surface area contributed by atoms with Crippen LogP contribution in [0.4, 0.5) is 4.79 Å². The molecule has 116 valence electrons. The SMILES string of the molecule is COCCOCCNC(=O)N1CCCC(C)C1C(=O)O. The highest BCUT2D eigenvalue weighted by Gasteiger charge is 2.36. The van der Waals surface area contributed by atoms with Gasteiger partial charge in [0.25, 0.3) is 0 Å². The normalized spacial score (nSPS) is 22.6. The lowest BCUT2D eigenvalue weighted by atomic mass is 9.91. The number of rotatable bonds is 7. The average Bonchev–Trinajstić information content (AvgIpc) is 2.41. The Morgan fingerprint density at radius 1 is 1.35 bits per heavy atom. The second-order valence-electron chi connectivity index (χ2n) is 4.93. The summed E-state index contributed by atoms with van der Waals surface area (Å²) in [5.74, 6) is -0.964. The quantitative estimate of drug-likeness (QED) is 0.668. The summed E-state index contributed by atoms with van der Waals surface area (Å²) in [5, 5.41) is 11.9. The van der Waals surface area contributed by atoms with Crippen LogP contribution < -0.4 is 5.32 Å². The number of methoxy groups -OCH3 is 1. The van der Waals surface area contributed by atoms with Gasteiger partial charge in [-0.2, -0.15) is 0 Å². The Hall–Kier alpha value is -1.34. The number of nitrogens with zero attached hydrogens (tertiary/aromatic N) is 1. The molecule has 20 heavy (non-hydrogen) atoms. The van der Waals surface area contributed by atoms with Crippen LogP contribution in [0.1, 0.15) is 19.8 Å². The third-order valence-electron chi connectivity index (χ3n) is 3.40. The Morgan fingerprint density at radius 3 is 2.75 bits per heavy atom. The molecule has 0 aromatic carbocycles. The summed E-state index contributed by atoms with van der Waals surface area (Å²) in [4.78, 5) is 24.7. The minimum Gasteiger partial charge on any atom is -0.480 e. The zero-order valence-electron chi connectivity index (χ0n) is 12.1. The fraction of sp³-hybridized carbons (Fsp3) is 0.846. The molecule has 1 heterocycles. The van der Waals surface area contributed by atoms with E-state index < -0.39 is 12.0 Å². The van der Waals surface area contributed by atoms with Gasteiger partial charge < -0.3 is 24.8 Å². The molecule has 2 atom stereocenters. The van der Waals surface area contributed by atoms with E-state index in [1.165, 1.54) is 4.90 Å². The van der Waals surface area contributed by atoms with Gasteiger partial charge in [-0.1, -0.05) is 6.92 Å². The molecule has 2 amide bonds. The van der Waals surface area contributed by atoms with Crippen molar-refractivity contribution in [2.75, 3.05) is 40.0 Å². The van der Waals surface area contributed by atoms with Gasteiger partial charge in [-0.15, -0.1) is 0 Å². The molecule has 1 rings (SSSR count). The number of amides is 2. The number of carbonyl (C=O) groups is 2. The van der Waals surface area contributed by atoms with Gasteiger partial charge in [0.15, 0.2) is 0 Å². The van der Waals surface area contributed by atoms with Crippen molar-refractivity contribution >= 4 is 12.0 Å². The highest BCUT2D eigenvalue weighted by atomic mass is 16.5. The molecular formula is C13H24N2O5. The van der Waals surface area contributed by atoms with Crippen LogP contribution in [0.2, 0.25) is 0 Å². The van der Waals surface area contributed by atoms with Gasteiger partial charge in [-0.05, 0) is 18.8 Å². The average molecular weight is 288 g/mol. The Kier molecular flexibility index (Phi) is 7.32. The van der Waals surface area contributed by atoms with Crippen LogP contribution in [0.3, 0.4) is 0 Å². The van der Waals surface area contributed by atoms with Crippen molar-refractivity contribution in [1.82, 2.24) is 10.2 Å².